The normalized spacial score (nSPS) is 11.5. The Labute approximate surface area is 136 Å². The van der Waals surface area contributed by atoms with Crippen molar-refractivity contribution in [3.05, 3.63) is 67.3 Å². The van der Waals surface area contributed by atoms with E-state index in [4.69, 9.17) is 0 Å². The topological polar surface area (TPSA) is 38.7 Å². The molecule has 5 aromatic rings. The lowest BCUT2D eigenvalue weighted by molar-refractivity contribution is 1.28. The van der Waals surface area contributed by atoms with Crippen LogP contribution in [-0.2, 0) is 0 Å². The molecule has 0 saturated heterocycles. The molecule has 23 heavy (non-hydrogen) atoms. The number of rotatable bonds is 1. The van der Waals surface area contributed by atoms with Gasteiger partial charge in [-0.25, -0.2) is 0 Å². The fourth-order valence-corrected chi connectivity index (χ4v) is 4.00. The van der Waals surface area contributed by atoms with Crippen LogP contribution in [0.2, 0.25) is 0 Å². The highest BCUT2D eigenvalue weighted by Gasteiger charge is 2.10. The standard InChI is InChI=1S/C19H11N3S/c1-2-4-13-12(3-1)5-8-21-19(13)16-9-14-15-10-20-7-6-17(15)23-18(14)11-22-16/h1-11H. The van der Waals surface area contributed by atoms with Crippen molar-refractivity contribution in [1.29, 1.82) is 0 Å². The molecule has 5 rings (SSSR count). The molecule has 4 heterocycles. The lowest BCUT2D eigenvalue weighted by Crippen LogP contribution is -1.88. The second-order valence-corrected chi connectivity index (χ2v) is 6.50. The predicted octanol–water partition coefficient (Wildman–Crippen LogP) is 5.06. The Morgan fingerprint density at radius 3 is 2.70 bits per heavy atom. The van der Waals surface area contributed by atoms with Crippen molar-refractivity contribution in [2.75, 3.05) is 0 Å². The summed E-state index contributed by atoms with van der Waals surface area (Å²) in [6.45, 7) is 0. The zero-order valence-electron chi connectivity index (χ0n) is 12.1. The summed E-state index contributed by atoms with van der Waals surface area (Å²) in [5, 5.41) is 4.67. The van der Waals surface area contributed by atoms with Gasteiger partial charge < -0.3 is 0 Å². The fraction of sp³-hybridized carbons (Fsp3) is 0. The third-order valence-corrected chi connectivity index (χ3v) is 5.20. The van der Waals surface area contributed by atoms with Gasteiger partial charge in [-0.15, -0.1) is 11.3 Å². The number of nitrogens with zero attached hydrogens (tertiary/aromatic N) is 3. The highest BCUT2D eigenvalue weighted by Crippen LogP contribution is 2.35. The summed E-state index contributed by atoms with van der Waals surface area (Å²) in [4.78, 5) is 13.5. The van der Waals surface area contributed by atoms with Gasteiger partial charge in [-0.3, -0.25) is 15.0 Å². The Bertz CT molecular complexity index is 1170. The quantitative estimate of drug-likeness (QED) is 0.434. The molecule has 108 valence electrons. The monoisotopic (exact) mass is 313 g/mol. The number of thiophene rings is 1. The second kappa shape index (κ2) is 4.83. The van der Waals surface area contributed by atoms with Gasteiger partial charge in [0.1, 0.15) is 0 Å². The zero-order chi connectivity index (χ0) is 15.2. The number of pyridine rings is 3. The SMILES string of the molecule is c1ccc2c(-c3cc4c(cn3)sc3ccncc34)nccc2c1. The van der Waals surface area contributed by atoms with Gasteiger partial charge in [0, 0.05) is 45.6 Å². The van der Waals surface area contributed by atoms with Gasteiger partial charge >= 0.3 is 0 Å². The first-order chi connectivity index (χ1) is 11.4. The molecular formula is C19H11N3S. The Balaban J connectivity index is 1.84. The van der Waals surface area contributed by atoms with Gasteiger partial charge in [-0.05, 0) is 23.6 Å². The molecule has 3 nitrogen and oxygen atoms in total. The largest absolute Gasteiger partial charge is 0.264 e. The Hall–Kier alpha value is -2.85. The van der Waals surface area contributed by atoms with Crippen molar-refractivity contribution in [3.63, 3.8) is 0 Å². The van der Waals surface area contributed by atoms with Crippen LogP contribution in [-0.4, -0.2) is 15.0 Å². The summed E-state index contributed by atoms with van der Waals surface area (Å²) < 4.78 is 2.41. The molecule has 0 fully saturated rings. The van der Waals surface area contributed by atoms with Crippen LogP contribution in [0, 0.1) is 0 Å². The molecule has 0 radical (unpaired) electrons. The third kappa shape index (κ3) is 1.92. The maximum Gasteiger partial charge on any atom is 0.0964 e. The maximum absolute atomic E-state index is 4.65. The van der Waals surface area contributed by atoms with E-state index in [0.717, 1.165) is 16.8 Å². The summed E-state index contributed by atoms with van der Waals surface area (Å²) in [6.07, 6.45) is 7.54. The molecule has 0 N–H and O–H groups in total. The Morgan fingerprint density at radius 2 is 1.70 bits per heavy atom. The molecule has 0 atom stereocenters. The number of hydrogen-bond acceptors (Lipinski definition) is 4. The second-order valence-electron chi connectivity index (χ2n) is 5.42. The minimum atomic E-state index is 0.901. The van der Waals surface area contributed by atoms with Gasteiger partial charge in [0.15, 0.2) is 0 Å². The molecule has 4 aromatic heterocycles. The van der Waals surface area contributed by atoms with E-state index < -0.39 is 0 Å². The van der Waals surface area contributed by atoms with Crippen LogP contribution in [0.15, 0.2) is 67.3 Å². The van der Waals surface area contributed by atoms with Crippen LogP contribution in [0.4, 0.5) is 0 Å². The molecule has 0 aliphatic rings. The van der Waals surface area contributed by atoms with Crippen molar-refractivity contribution in [2.24, 2.45) is 0 Å². The summed E-state index contributed by atoms with van der Waals surface area (Å²) in [5.74, 6) is 0. The average molecular weight is 313 g/mol. The number of aromatic nitrogens is 3. The molecule has 0 aliphatic heterocycles. The molecule has 0 saturated carbocycles. The Morgan fingerprint density at radius 1 is 0.739 bits per heavy atom. The van der Waals surface area contributed by atoms with E-state index in [9.17, 15) is 0 Å². The summed E-state index contributed by atoms with van der Waals surface area (Å²) in [6, 6.07) is 14.5. The zero-order valence-corrected chi connectivity index (χ0v) is 12.9. The van der Waals surface area contributed by atoms with Crippen molar-refractivity contribution in [3.8, 4) is 11.4 Å². The van der Waals surface area contributed by atoms with Crippen molar-refractivity contribution >= 4 is 42.3 Å². The molecule has 1 aromatic carbocycles. The predicted molar refractivity (Wildman–Crippen MR) is 95.7 cm³/mol. The van der Waals surface area contributed by atoms with Gasteiger partial charge in [0.2, 0.25) is 0 Å². The number of benzene rings is 1. The van der Waals surface area contributed by atoms with Gasteiger partial charge in [0.05, 0.1) is 16.1 Å². The first-order valence-corrected chi connectivity index (χ1v) is 8.18. The van der Waals surface area contributed by atoms with Gasteiger partial charge in [-0.1, -0.05) is 24.3 Å². The lowest BCUT2D eigenvalue weighted by atomic mass is 10.1. The van der Waals surface area contributed by atoms with E-state index >= 15 is 0 Å². The van der Waals surface area contributed by atoms with Crippen LogP contribution in [0.25, 0.3) is 42.3 Å². The first kappa shape index (κ1) is 12.7. The van der Waals surface area contributed by atoms with Crippen molar-refractivity contribution in [1.82, 2.24) is 15.0 Å². The van der Waals surface area contributed by atoms with E-state index in [2.05, 4.69) is 39.2 Å². The highest BCUT2D eigenvalue weighted by atomic mass is 32.1. The maximum atomic E-state index is 4.65. The molecular weight excluding hydrogens is 302 g/mol. The molecule has 0 spiro atoms. The smallest absolute Gasteiger partial charge is 0.0964 e. The molecule has 4 heteroatoms. The Kier molecular flexibility index (Phi) is 2.66. The van der Waals surface area contributed by atoms with E-state index in [1.54, 1.807) is 11.3 Å². The van der Waals surface area contributed by atoms with Crippen molar-refractivity contribution in [2.45, 2.75) is 0 Å². The summed E-state index contributed by atoms with van der Waals surface area (Å²) >= 11 is 1.75. The van der Waals surface area contributed by atoms with E-state index in [0.29, 0.717) is 0 Å². The minimum absolute atomic E-state index is 0.901. The average Bonchev–Trinajstić information content (AvgIpc) is 2.99. The van der Waals surface area contributed by atoms with Crippen LogP contribution < -0.4 is 0 Å². The van der Waals surface area contributed by atoms with Crippen LogP contribution >= 0.6 is 11.3 Å². The molecule has 0 bridgehead atoms. The fourth-order valence-electron chi connectivity index (χ4n) is 2.98. The minimum Gasteiger partial charge on any atom is -0.264 e. The molecule has 0 aliphatic carbocycles. The molecule has 0 unspecified atom stereocenters. The number of hydrogen-bond donors (Lipinski definition) is 0. The third-order valence-electron chi connectivity index (χ3n) is 4.07. The highest BCUT2D eigenvalue weighted by molar-refractivity contribution is 7.25. The first-order valence-electron chi connectivity index (χ1n) is 7.36. The van der Waals surface area contributed by atoms with Gasteiger partial charge in [-0.2, -0.15) is 0 Å². The van der Waals surface area contributed by atoms with E-state index in [-0.39, 0.29) is 0 Å². The summed E-state index contributed by atoms with van der Waals surface area (Å²) in [7, 11) is 0. The number of fused-ring (bicyclic) bond motifs is 4. The summed E-state index contributed by atoms with van der Waals surface area (Å²) in [5.41, 5.74) is 1.83. The van der Waals surface area contributed by atoms with Gasteiger partial charge in [0.25, 0.3) is 0 Å². The van der Waals surface area contributed by atoms with Crippen LogP contribution in [0.1, 0.15) is 0 Å². The van der Waals surface area contributed by atoms with Crippen molar-refractivity contribution < 1.29 is 0 Å². The van der Waals surface area contributed by atoms with E-state index in [1.165, 1.54) is 25.6 Å². The van der Waals surface area contributed by atoms with E-state index in [1.807, 2.05) is 43.0 Å². The lowest BCUT2D eigenvalue weighted by Gasteiger charge is -2.05. The molecule has 0 amide bonds. The van der Waals surface area contributed by atoms with Crippen LogP contribution in [0.3, 0.4) is 0 Å². The van der Waals surface area contributed by atoms with Crippen LogP contribution in [0.5, 0.6) is 0 Å².